The summed E-state index contributed by atoms with van der Waals surface area (Å²) in [5.41, 5.74) is 0.204. The number of amides is 3. The monoisotopic (exact) mass is 502 g/mol. The minimum Gasteiger partial charge on any atom is -0.492 e. The van der Waals surface area contributed by atoms with Crippen molar-refractivity contribution < 1.29 is 19.1 Å². The van der Waals surface area contributed by atoms with Gasteiger partial charge in [-0.15, -0.1) is 0 Å². The first-order valence-electron chi connectivity index (χ1n) is 13.3. The van der Waals surface area contributed by atoms with Gasteiger partial charge in [-0.25, -0.2) is 0 Å². The van der Waals surface area contributed by atoms with Crippen molar-refractivity contribution in [2.45, 2.75) is 84.8 Å². The van der Waals surface area contributed by atoms with E-state index in [1.807, 2.05) is 58.9 Å². The van der Waals surface area contributed by atoms with Crippen LogP contribution in [0.4, 0.5) is 0 Å². The molecule has 0 saturated carbocycles. The maximum atomic E-state index is 13.7. The molecule has 0 bridgehead atoms. The standard InChI is InChI=1S/C28H46N4O4/c1-8-20(4)28(6)27(35)32(7)21(5)25(33)31-23(18-19(2)3)26(34)29-15-11-13-22-12-9-10-14-24(22)36-17-16-30-28/h9-10,12,14,19-21,23,30H,8,11,13,15-18H2,1-7H3,(H,29,34)(H,31,33)/t20-,21+,23+,28-/m0/s1. The number of carbonyl (C=O) groups is 3. The fraction of sp³-hybridized carbons (Fsp3) is 0.679. The smallest absolute Gasteiger partial charge is 0.243 e. The zero-order chi connectivity index (χ0) is 26.9. The molecule has 202 valence electrons. The highest BCUT2D eigenvalue weighted by Crippen LogP contribution is 2.24. The molecule has 1 aromatic rings. The van der Waals surface area contributed by atoms with Crippen molar-refractivity contribution in [1.82, 2.24) is 20.9 Å². The quantitative estimate of drug-likeness (QED) is 0.588. The summed E-state index contributed by atoms with van der Waals surface area (Å²) in [6.07, 6.45) is 2.83. The lowest BCUT2D eigenvalue weighted by Gasteiger charge is -2.40. The first-order valence-corrected chi connectivity index (χ1v) is 13.3. The van der Waals surface area contributed by atoms with E-state index in [1.165, 1.54) is 4.90 Å². The zero-order valence-corrected chi connectivity index (χ0v) is 23.1. The highest BCUT2D eigenvalue weighted by atomic mass is 16.5. The molecule has 2 rings (SSSR count). The minimum atomic E-state index is -0.874. The molecule has 0 unspecified atom stereocenters. The molecule has 1 aromatic carbocycles. The van der Waals surface area contributed by atoms with Crippen molar-refractivity contribution in [3.05, 3.63) is 29.8 Å². The third-order valence-corrected chi connectivity index (χ3v) is 7.41. The second kappa shape index (κ2) is 13.6. The van der Waals surface area contributed by atoms with Crippen LogP contribution >= 0.6 is 0 Å². The molecule has 3 N–H and O–H groups in total. The van der Waals surface area contributed by atoms with Crippen molar-refractivity contribution in [2.75, 3.05) is 26.7 Å². The van der Waals surface area contributed by atoms with Gasteiger partial charge < -0.3 is 20.3 Å². The maximum Gasteiger partial charge on any atom is 0.243 e. The lowest BCUT2D eigenvalue weighted by molar-refractivity contribution is -0.145. The lowest BCUT2D eigenvalue weighted by Crippen LogP contribution is -2.63. The molecule has 0 radical (unpaired) electrons. The summed E-state index contributed by atoms with van der Waals surface area (Å²) in [6.45, 7) is 13.1. The average Bonchev–Trinajstić information content (AvgIpc) is 2.86. The first-order chi connectivity index (χ1) is 17.0. The highest BCUT2D eigenvalue weighted by molar-refractivity contribution is 5.94. The average molecular weight is 503 g/mol. The molecule has 4 atom stereocenters. The summed E-state index contributed by atoms with van der Waals surface area (Å²) < 4.78 is 6.08. The number of nitrogens with one attached hydrogen (secondary N) is 3. The van der Waals surface area contributed by atoms with Crippen molar-refractivity contribution in [3.63, 3.8) is 0 Å². The van der Waals surface area contributed by atoms with Crippen LogP contribution in [0.25, 0.3) is 0 Å². The fourth-order valence-electron chi connectivity index (χ4n) is 4.52. The van der Waals surface area contributed by atoms with Gasteiger partial charge in [-0.3, -0.25) is 19.7 Å². The maximum absolute atomic E-state index is 13.7. The van der Waals surface area contributed by atoms with Crippen LogP contribution in [0.15, 0.2) is 24.3 Å². The van der Waals surface area contributed by atoms with E-state index in [0.29, 0.717) is 26.1 Å². The summed E-state index contributed by atoms with van der Waals surface area (Å²) in [5, 5.41) is 9.31. The molecule has 8 nitrogen and oxygen atoms in total. The van der Waals surface area contributed by atoms with Crippen LogP contribution in [0, 0.1) is 11.8 Å². The second-order valence-corrected chi connectivity index (χ2v) is 10.6. The molecule has 3 amide bonds. The van der Waals surface area contributed by atoms with Crippen LogP contribution in [0.1, 0.15) is 66.4 Å². The van der Waals surface area contributed by atoms with Crippen LogP contribution in [-0.4, -0.2) is 67.0 Å². The van der Waals surface area contributed by atoms with Gasteiger partial charge in [0.1, 0.15) is 24.4 Å². The molecular weight excluding hydrogens is 456 g/mol. The zero-order valence-electron chi connectivity index (χ0n) is 23.1. The molecule has 0 spiro atoms. The third-order valence-electron chi connectivity index (χ3n) is 7.41. The van der Waals surface area contributed by atoms with Crippen LogP contribution in [-0.2, 0) is 20.8 Å². The Kier molecular flexibility index (Phi) is 11.2. The second-order valence-electron chi connectivity index (χ2n) is 10.6. The van der Waals surface area contributed by atoms with E-state index >= 15 is 0 Å². The number of rotatable bonds is 4. The van der Waals surface area contributed by atoms with E-state index in [0.717, 1.165) is 30.6 Å². The first kappa shape index (κ1) is 29.6. The van der Waals surface area contributed by atoms with E-state index in [9.17, 15) is 14.4 Å². The Morgan fingerprint density at radius 2 is 1.81 bits per heavy atom. The number of benzene rings is 1. The van der Waals surface area contributed by atoms with Crippen LogP contribution < -0.4 is 20.7 Å². The van der Waals surface area contributed by atoms with E-state index in [4.69, 9.17) is 4.74 Å². The Morgan fingerprint density at radius 3 is 2.47 bits per heavy atom. The SMILES string of the molecule is CC[C@H](C)[C@]1(C)NCCOc2ccccc2CCCNC(=O)[C@@H](CC(C)C)NC(=O)[C@@H](C)N(C)C1=O. The largest absolute Gasteiger partial charge is 0.492 e. The summed E-state index contributed by atoms with van der Waals surface area (Å²) in [5.74, 6) is 0.368. The molecule has 0 fully saturated rings. The van der Waals surface area contributed by atoms with E-state index in [2.05, 4.69) is 16.0 Å². The van der Waals surface area contributed by atoms with E-state index in [-0.39, 0.29) is 29.6 Å². The molecule has 0 aliphatic carbocycles. The van der Waals surface area contributed by atoms with Crippen molar-refractivity contribution in [1.29, 1.82) is 0 Å². The van der Waals surface area contributed by atoms with Gasteiger partial charge >= 0.3 is 0 Å². The molecule has 0 aromatic heterocycles. The van der Waals surface area contributed by atoms with Gasteiger partial charge in [0.05, 0.1) is 5.54 Å². The number of ether oxygens (including phenoxy) is 1. The Labute approximate surface area is 216 Å². The molecule has 1 aliphatic rings. The number of fused-ring (bicyclic) bond motifs is 1. The Bertz CT molecular complexity index is 890. The molecule has 1 heterocycles. The third kappa shape index (κ3) is 7.69. The van der Waals surface area contributed by atoms with Gasteiger partial charge in [0.2, 0.25) is 17.7 Å². The number of likely N-dealkylation sites (N-methyl/N-ethyl adjacent to an activating group) is 1. The minimum absolute atomic E-state index is 0.0278. The van der Waals surface area contributed by atoms with Gasteiger partial charge in [-0.2, -0.15) is 0 Å². The number of carbonyl (C=O) groups excluding carboxylic acids is 3. The number of para-hydroxylation sites is 1. The summed E-state index contributed by atoms with van der Waals surface area (Å²) in [4.78, 5) is 41.3. The number of aryl methyl sites for hydroxylation is 1. The topological polar surface area (TPSA) is 99.8 Å². The van der Waals surface area contributed by atoms with Crippen LogP contribution in [0.5, 0.6) is 5.75 Å². The van der Waals surface area contributed by atoms with E-state index in [1.54, 1.807) is 14.0 Å². The molecule has 36 heavy (non-hydrogen) atoms. The predicted octanol–water partition coefficient (Wildman–Crippen LogP) is 2.90. The van der Waals surface area contributed by atoms with Crippen molar-refractivity contribution >= 4 is 17.7 Å². The number of nitrogens with zero attached hydrogens (tertiary/aromatic N) is 1. The highest BCUT2D eigenvalue weighted by Gasteiger charge is 2.41. The predicted molar refractivity (Wildman–Crippen MR) is 143 cm³/mol. The molecule has 1 aliphatic heterocycles. The van der Waals surface area contributed by atoms with Gasteiger partial charge in [0.15, 0.2) is 0 Å². The van der Waals surface area contributed by atoms with Crippen molar-refractivity contribution in [3.8, 4) is 5.75 Å². The van der Waals surface area contributed by atoms with Crippen LogP contribution in [0.3, 0.4) is 0 Å². The Hall–Kier alpha value is -2.61. The Morgan fingerprint density at radius 1 is 1.11 bits per heavy atom. The lowest BCUT2D eigenvalue weighted by atomic mass is 9.83. The summed E-state index contributed by atoms with van der Waals surface area (Å²) in [7, 11) is 1.65. The number of hydrogen-bond donors (Lipinski definition) is 3. The van der Waals surface area contributed by atoms with Gasteiger partial charge in [-0.05, 0) is 56.6 Å². The molecular formula is C28H46N4O4. The van der Waals surface area contributed by atoms with Gasteiger partial charge in [0.25, 0.3) is 0 Å². The molecule has 8 heteroatoms. The summed E-state index contributed by atoms with van der Waals surface area (Å²) >= 11 is 0. The van der Waals surface area contributed by atoms with E-state index < -0.39 is 17.6 Å². The van der Waals surface area contributed by atoms with Crippen LogP contribution in [0.2, 0.25) is 0 Å². The van der Waals surface area contributed by atoms with Gasteiger partial charge in [0, 0.05) is 20.1 Å². The summed E-state index contributed by atoms with van der Waals surface area (Å²) in [6, 6.07) is 6.53. The molecule has 0 saturated heterocycles. The van der Waals surface area contributed by atoms with Crippen molar-refractivity contribution in [2.24, 2.45) is 11.8 Å². The number of hydrogen-bond acceptors (Lipinski definition) is 5. The van der Waals surface area contributed by atoms with Gasteiger partial charge in [-0.1, -0.05) is 52.3 Å². The Balaban J connectivity index is 2.35. The normalized spacial score (nSPS) is 26.2. The fourth-order valence-corrected chi connectivity index (χ4v) is 4.52.